The number of unbranched alkanes of at least 4 members (excludes halogenated alkanes) is 1. The molecule has 1 aromatic carbocycles. The van der Waals surface area contributed by atoms with E-state index in [4.69, 9.17) is 0 Å². The summed E-state index contributed by atoms with van der Waals surface area (Å²) in [5, 5.41) is 14.2. The van der Waals surface area contributed by atoms with Gasteiger partial charge in [-0.05, 0) is 26.1 Å². The zero-order valence-electron chi connectivity index (χ0n) is 13.4. The number of ketones is 1. The Labute approximate surface area is 128 Å². The molecule has 118 valence electrons. The molecular formula is C17H28N2O2. The number of hydrogen-bond donors (Lipinski definition) is 2. The second-order valence-electron chi connectivity index (χ2n) is 5.21. The first-order valence-corrected chi connectivity index (χ1v) is 7.88. The highest BCUT2D eigenvalue weighted by molar-refractivity contribution is 6.02. The summed E-state index contributed by atoms with van der Waals surface area (Å²) in [6.45, 7) is 8.34. The first kappa shape index (κ1) is 17.8. The van der Waals surface area contributed by atoms with Crippen molar-refractivity contribution in [3.8, 4) is 0 Å². The van der Waals surface area contributed by atoms with Gasteiger partial charge in [0, 0.05) is 12.1 Å². The molecule has 1 atom stereocenters. The van der Waals surface area contributed by atoms with E-state index in [0.717, 1.165) is 19.4 Å². The lowest BCUT2D eigenvalue weighted by Crippen LogP contribution is -2.60. The van der Waals surface area contributed by atoms with Crippen LogP contribution in [-0.4, -0.2) is 47.7 Å². The molecule has 4 nitrogen and oxygen atoms in total. The largest absolute Gasteiger partial charge is 0.367 e. The highest BCUT2D eigenvalue weighted by Crippen LogP contribution is 2.18. The molecule has 0 radical (unpaired) electrons. The van der Waals surface area contributed by atoms with Gasteiger partial charge in [0.25, 0.3) is 0 Å². The van der Waals surface area contributed by atoms with Crippen molar-refractivity contribution in [3.63, 3.8) is 0 Å². The van der Waals surface area contributed by atoms with E-state index in [1.54, 1.807) is 17.0 Å². The van der Waals surface area contributed by atoms with E-state index in [-0.39, 0.29) is 12.3 Å². The number of hydrogen-bond acceptors (Lipinski definition) is 4. The number of carbonyl (C=O) groups excluding carboxylic acids is 1. The number of nitrogens with one attached hydrogen (secondary N) is 1. The number of Topliss-reactive ketones (excluding diaryl/α,β-unsaturated/α-hetero) is 1. The monoisotopic (exact) mass is 292 g/mol. The van der Waals surface area contributed by atoms with Gasteiger partial charge < -0.3 is 10.4 Å². The van der Waals surface area contributed by atoms with E-state index in [1.165, 1.54) is 0 Å². The molecule has 4 heteroatoms. The van der Waals surface area contributed by atoms with Crippen molar-refractivity contribution in [2.45, 2.75) is 39.3 Å². The van der Waals surface area contributed by atoms with Crippen LogP contribution in [0.2, 0.25) is 0 Å². The fourth-order valence-corrected chi connectivity index (χ4v) is 2.47. The van der Waals surface area contributed by atoms with Crippen LogP contribution in [0.4, 0.5) is 0 Å². The minimum atomic E-state index is -1.49. The van der Waals surface area contributed by atoms with Gasteiger partial charge in [-0.3, -0.25) is 9.69 Å². The van der Waals surface area contributed by atoms with Crippen molar-refractivity contribution >= 4 is 5.78 Å². The molecule has 1 rings (SSSR count). The molecule has 21 heavy (non-hydrogen) atoms. The lowest BCUT2D eigenvalue weighted by atomic mass is 9.98. The summed E-state index contributed by atoms with van der Waals surface area (Å²) < 4.78 is 0. The number of aliphatic hydroxyl groups is 1. The molecule has 0 saturated heterocycles. The Balaban J connectivity index is 2.92. The van der Waals surface area contributed by atoms with Crippen LogP contribution in [0.15, 0.2) is 30.3 Å². The summed E-state index contributed by atoms with van der Waals surface area (Å²) in [5.41, 5.74) is -0.942. The maximum absolute atomic E-state index is 12.8. The van der Waals surface area contributed by atoms with Crippen LogP contribution in [-0.2, 0) is 0 Å². The van der Waals surface area contributed by atoms with E-state index in [0.29, 0.717) is 18.7 Å². The van der Waals surface area contributed by atoms with Gasteiger partial charge in [0.2, 0.25) is 5.78 Å². The van der Waals surface area contributed by atoms with E-state index < -0.39 is 5.72 Å². The predicted molar refractivity (Wildman–Crippen MR) is 86.4 cm³/mol. The Kier molecular flexibility index (Phi) is 7.57. The molecule has 0 aliphatic rings. The number of likely N-dealkylation sites (N-methyl/N-ethyl adjacent to an activating group) is 1. The quantitative estimate of drug-likeness (QED) is 0.395. The normalized spacial score (nSPS) is 14.1. The minimum Gasteiger partial charge on any atom is -0.367 e. The number of carbonyl (C=O) groups is 1. The Hall–Kier alpha value is -1.23. The van der Waals surface area contributed by atoms with Crippen LogP contribution >= 0.6 is 0 Å². The third-order valence-electron chi connectivity index (χ3n) is 3.76. The summed E-state index contributed by atoms with van der Waals surface area (Å²) in [5.74, 6) is -0.240. The molecule has 1 aromatic rings. The van der Waals surface area contributed by atoms with E-state index >= 15 is 0 Å². The smallest absolute Gasteiger partial charge is 0.210 e. The van der Waals surface area contributed by atoms with E-state index in [2.05, 4.69) is 12.2 Å². The molecular weight excluding hydrogens is 264 g/mol. The van der Waals surface area contributed by atoms with Crippen molar-refractivity contribution in [1.29, 1.82) is 0 Å². The molecule has 0 aliphatic heterocycles. The highest BCUT2D eigenvalue weighted by atomic mass is 16.3. The maximum Gasteiger partial charge on any atom is 0.210 e. The Morgan fingerprint density at radius 3 is 2.33 bits per heavy atom. The summed E-state index contributed by atoms with van der Waals surface area (Å²) in [6, 6.07) is 9.01. The van der Waals surface area contributed by atoms with Crippen LogP contribution in [0, 0.1) is 0 Å². The van der Waals surface area contributed by atoms with Gasteiger partial charge in [-0.15, -0.1) is 0 Å². The first-order chi connectivity index (χ1) is 10.1. The molecule has 0 spiro atoms. The minimum absolute atomic E-state index is 0.240. The van der Waals surface area contributed by atoms with Gasteiger partial charge in [-0.1, -0.05) is 57.5 Å². The number of nitrogens with zero attached hydrogens (tertiary/aromatic N) is 1. The van der Waals surface area contributed by atoms with Crippen molar-refractivity contribution in [3.05, 3.63) is 35.9 Å². The van der Waals surface area contributed by atoms with Gasteiger partial charge in [0.15, 0.2) is 5.72 Å². The molecule has 0 fully saturated rings. The van der Waals surface area contributed by atoms with Crippen molar-refractivity contribution < 1.29 is 9.90 Å². The molecule has 0 saturated carbocycles. The zero-order valence-corrected chi connectivity index (χ0v) is 13.4. The van der Waals surface area contributed by atoms with Crippen LogP contribution < -0.4 is 5.32 Å². The predicted octanol–water partition coefficient (Wildman–Crippen LogP) is 2.29. The molecule has 1 unspecified atom stereocenters. The Morgan fingerprint density at radius 1 is 1.19 bits per heavy atom. The number of rotatable bonds is 10. The topological polar surface area (TPSA) is 52.6 Å². The Morgan fingerprint density at radius 2 is 1.81 bits per heavy atom. The summed E-state index contributed by atoms with van der Waals surface area (Å²) in [7, 11) is 0. The summed E-state index contributed by atoms with van der Waals surface area (Å²) in [4.78, 5) is 14.6. The number of benzene rings is 1. The molecule has 0 aromatic heterocycles. The zero-order chi connectivity index (χ0) is 15.7. The SMILES string of the molecule is CCCCNCC(O)(C(=O)c1ccccc1)N(CC)CC. The first-order valence-electron chi connectivity index (χ1n) is 7.88. The van der Waals surface area contributed by atoms with Crippen molar-refractivity contribution in [1.82, 2.24) is 10.2 Å². The van der Waals surface area contributed by atoms with E-state index in [9.17, 15) is 9.90 Å². The molecule has 2 N–H and O–H groups in total. The highest BCUT2D eigenvalue weighted by Gasteiger charge is 2.40. The molecule has 0 bridgehead atoms. The second kappa shape index (κ2) is 8.93. The molecule has 0 amide bonds. The van der Waals surface area contributed by atoms with Gasteiger partial charge in [0.1, 0.15) is 0 Å². The fraction of sp³-hybridized carbons (Fsp3) is 0.588. The molecule has 0 heterocycles. The standard InChI is InChI=1S/C17H28N2O2/c1-4-7-13-18-14-17(21,19(5-2)6-3)16(20)15-11-9-8-10-12-15/h8-12,18,21H,4-7,13-14H2,1-3H3. The van der Waals surface area contributed by atoms with Crippen LogP contribution in [0.5, 0.6) is 0 Å². The fourth-order valence-electron chi connectivity index (χ4n) is 2.47. The third-order valence-corrected chi connectivity index (χ3v) is 3.76. The third kappa shape index (κ3) is 4.63. The summed E-state index contributed by atoms with van der Waals surface area (Å²) in [6.07, 6.45) is 2.12. The Bertz CT molecular complexity index is 418. The van der Waals surface area contributed by atoms with Crippen LogP contribution in [0.1, 0.15) is 44.0 Å². The van der Waals surface area contributed by atoms with E-state index in [1.807, 2.05) is 32.0 Å². The van der Waals surface area contributed by atoms with Crippen molar-refractivity contribution in [2.24, 2.45) is 0 Å². The molecule has 0 aliphatic carbocycles. The van der Waals surface area contributed by atoms with Gasteiger partial charge >= 0.3 is 0 Å². The van der Waals surface area contributed by atoms with Gasteiger partial charge in [-0.2, -0.15) is 0 Å². The van der Waals surface area contributed by atoms with Crippen molar-refractivity contribution in [2.75, 3.05) is 26.2 Å². The summed E-state index contributed by atoms with van der Waals surface area (Å²) >= 11 is 0. The average molecular weight is 292 g/mol. The maximum atomic E-state index is 12.8. The van der Waals surface area contributed by atoms with Crippen LogP contribution in [0.25, 0.3) is 0 Å². The van der Waals surface area contributed by atoms with Gasteiger partial charge in [0.05, 0.1) is 0 Å². The van der Waals surface area contributed by atoms with Gasteiger partial charge in [-0.25, -0.2) is 0 Å². The second-order valence-corrected chi connectivity index (χ2v) is 5.21. The van der Waals surface area contributed by atoms with Crippen LogP contribution in [0.3, 0.4) is 0 Å². The lowest BCUT2D eigenvalue weighted by molar-refractivity contribution is -0.0705. The lowest BCUT2D eigenvalue weighted by Gasteiger charge is -2.37. The average Bonchev–Trinajstić information content (AvgIpc) is 2.53.